The van der Waals surface area contributed by atoms with Crippen molar-refractivity contribution in [2.75, 3.05) is 13.7 Å². The second-order valence-corrected chi connectivity index (χ2v) is 5.62. The number of urea groups is 1. The summed E-state index contributed by atoms with van der Waals surface area (Å²) in [6.45, 7) is 1.96. The zero-order valence-corrected chi connectivity index (χ0v) is 13.2. The second-order valence-electron chi connectivity index (χ2n) is 5.62. The minimum absolute atomic E-state index is 0.0320. The average molecular weight is 315 g/mol. The predicted molar refractivity (Wildman–Crippen MR) is 85.0 cm³/mol. The maximum atomic E-state index is 12.5. The highest BCUT2D eigenvalue weighted by Crippen LogP contribution is 2.19. The van der Waals surface area contributed by atoms with E-state index in [1.165, 1.54) is 6.33 Å². The minimum Gasteiger partial charge on any atom is -0.497 e. The number of rotatable bonds is 5. The molecule has 1 aliphatic heterocycles. The summed E-state index contributed by atoms with van der Waals surface area (Å²) in [5, 5.41) is 7.11. The number of carbonyl (C=O) groups excluding carboxylic acids is 1. The van der Waals surface area contributed by atoms with Crippen molar-refractivity contribution in [3.8, 4) is 5.75 Å². The fourth-order valence-electron chi connectivity index (χ4n) is 2.90. The third kappa shape index (κ3) is 3.80. The lowest BCUT2D eigenvalue weighted by atomic mass is 10.2. The van der Waals surface area contributed by atoms with E-state index in [1.807, 2.05) is 29.2 Å². The van der Waals surface area contributed by atoms with Crippen LogP contribution < -0.4 is 10.1 Å². The first-order chi connectivity index (χ1) is 11.3. The van der Waals surface area contributed by atoms with Gasteiger partial charge in [0.25, 0.3) is 0 Å². The van der Waals surface area contributed by atoms with Crippen molar-refractivity contribution in [3.63, 3.8) is 0 Å². The van der Waals surface area contributed by atoms with Gasteiger partial charge < -0.3 is 15.0 Å². The van der Waals surface area contributed by atoms with Crippen LogP contribution in [0.1, 0.15) is 18.4 Å². The Kier molecular flexibility index (Phi) is 4.75. The minimum atomic E-state index is -0.0320. The largest absolute Gasteiger partial charge is 0.497 e. The van der Waals surface area contributed by atoms with Crippen LogP contribution in [0.25, 0.3) is 0 Å². The summed E-state index contributed by atoms with van der Waals surface area (Å²) in [5.74, 6) is 0.794. The van der Waals surface area contributed by atoms with Crippen molar-refractivity contribution in [1.29, 1.82) is 0 Å². The van der Waals surface area contributed by atoms with Crippen LogP contribution >= 0.6 is 0 Å². The number of aromatic nitrogens is 3. The van der Waals surface area contributed by atoms with Crippen LogP contribution in [0.4, 0.5) is 4.79 Å². The quantitative estimate of drug-likeness (QED) is 0.911. The summed E-state index contributed by atoms with van der Waals surface area (Å²) >= 11 is 0. The van der Waals surface area contributed by atoms with Crippen molar-refractivity contribution in [2.24, 2.45) is 0 Å². The van der Waals surface area contributed by atoms with E-state index in [0.29, 0.717) is 13.1 Å². The predicted octanol–water partition coefficient (Wildman–Crippen LogP) is 1.66. The van der Waals surface area contributed by atoms with E-state index >= 15 is 0 Å². The number of methoxy groups -OCH3 is 1. The van der Waals surface area contributed by atoms with Crippen LogP contribution in [-0.4, -0.2) is 45.4 Å². The molecule has 1 unspecified atom stereocenters. The molecule has 23 heavy (non-hydrogen) atoms. The molecule has 1 atom stereocenters. The zero-order chi connectivity index (χ0) is 16.1. The number of nitrogens with one attached hydrogen (secondary N) is 1. The summed E-state index contributed by atoms with van der Waals surface area (Å²) < 4.78 is 6.97. The molecule has 0 spiro atoms. The molecule has 1 aromatic heterocycles. The van der Waals surface area contributed by atoms with Crippen molar-refractivity contribution in [3.05, 3.63) is 42.5 Å². The van der Waals surface area contributed by atoms with Crippen molar-refractivity contribution < 1.29 is 9.53 Å². The third-order valence-electron chi connectivity index (χ3n) is 4.08. The summed E-state index contributed by atoms with van der Waals surface area (Å²) in [7, 11) is 1.64. The molecule has 0 radical (unpaired) electrons. The van der Waals surface area contributed by atoms with Gasteiger partial charge in [0, 0.05) is 13.1 Å². The normalized spacial score (nSPS) is 17.3. The van der Waals surface area contributed by atoms with Gasteiger partial charge in [-0.1, -0.05) is 12.1 Å². The molecule has 7 heteroatoms. The van der Waals surface area contributed by atoms with E-state index in [-0.39, 0.29) is 12.1 Å². The lowest BCUT2D eigenvalue weighted by Gasteiger charge is -2.24. The highest BCUT2D eigenvalue weighted by Gasteiger charge is 2.28. The smallest absolute Gasteiger partial charge is 0.317 e. The molecule has 2 amide bonds. The first-order valence-electron chi connectivity index (χ1n) is 7.76. The van der Waals surface area contributed by atoms with Crippen LogP contribution in [0.3, 0.4) is 0 Å². The molecule has 0 aliphatic carbocycles. The standard InChI is InChI=1S/C16H21N5O2/c1-23-15-6-2-4-13(8-15)9-18-16(22)21-7-3-5-14(21)10-20-12-17-11-19-20/h2,4,6,8,11-12,14H,3,5,7,9-10H2,1H3,(H,18,22). The third-order valence-corrected chi connectivity index (χ3v) is 4.08. The van der Waals surface area contributed by atoms with Gasteiger partial charge in [-0.15, -0.1) is 0 Å². The molecule has 1 fully saturated rings. The molecule has 1 N–H and O–H groups in total. The highest BCUT2D eigenvalue weighted by atomic mass is 16.5. The maximum Gasteiger partial charge on any atom is 0.317 e. The number of carbonyl (C=O) groups is 1. The number of likely N-dealkylation sites (tertiary alicyclic amines) is 1. The maximum absolute atomic E-state index is 12.5. The summed E-state index contributed by atoms with van der Waals surface area (Å²) in [4.78, 5) is 18.3. The van der Waals surface area contributed by atoms with E-state index in [4.69, 9.17) is 4.74 Å². The van der Waals surface area contributed by atoms with Crippen LogP contribution in [0.2, 0.25) is 0 Å². The lowest BCUT2D eigenvalue weighted by Crippen LogP contribution is -2.44. The van der Waals surface area contributed by atoms with Crippen molar-refractivity contribution in [2.45, 2.75) is 32.0 Å². The molecular weight excluding hydrogens is 294 g/mol. The first-order valence-corrected chi connectivity index (χ1v) is 7.76. The van der Waals surface area contributed by atoms with Crippen molar-refractivity contribution >= 4 is 6.03 Å². The van der Waals surface area contributed by atoms with Crippen LogP contribution in [-0.2, 0) is 13.1 Å². The molecule has 3 rings (SSSR count). The fraction of sp³-hybridized carbons (Fsp3) is 0.438. The first kappa shape index (κ1) is 15.3. The molecular formula is C16H21N5O2. The van der Waals surface area contributed by atoms with Gasteiger partial charge >= 0.3 is 6.03 Å². The Morgan fingerprint density at radius 1 is 1.48 bits per heavy atom. The van der Waals surface area contributed by atoms with E-state index in [9.17, 15) is 4.79 Å². The van der Waals surface area contributed by atoms with Crippen molar-refractivity contribution in [1.82, 2.24) is 25.0 Å². The van der Waals surface area contributed by atoms with Gasteiger partial charge in [-0.05, 0) is 30.5 Å². The number of benzene rings is 1. The Morgan fingerprint density at radius 3 is 3.17 bits per heavy atom. The second kappa shape index (κ2) is 7.13. The van der Waals surface area contributed by atoms with Gasteiger partial charge in [0.05, 0.1) is 19.7 Å². The number of hydrogen-bond acceptors (Lipinski definition) is 4. The molecule has 122 valence electrons. The van der Waals surface area contributed by atoms with Gasteiger partial charge in [0.2, 0.25) is 0 Å². The topological polar surface area (TPSA) is 72.3 Å². The van der Waals surface area contributed by atoms with E-state index < -0.39 is 0 Å². The Hall–Kier alpha value is -2.57. The van der Waals surface area contributed by atoms with E-state index in [1.54, 1.807) is 18.1 Å². The van der Waals surface area contributed by atoms with Crippen LogP contribution in [0.15, 0.2) is 36.9 Å². The van der Waals surface area contributed by atoms with Crippen LogP contribution in [0, 0.1) is 0 Å². The van der Waals surface area contributed by atoms with Gasteiger partial charge in [0.15, 0.2) is 0 Å². The monoisotopic (exact) mass is 315 g/mol. The number of hydrogen-bond donors (Lipinski definition) is 1. The van der Waals surface area contributed by atoms with Crippen LogP contribution in [0.5, 0.6) is 5.75 Å². The molecule has 0 bridgehead atoms. The molecule has 1 saturated heterocycles. The molecule has 7 nitrogen and oxygen atoms in total. The Labute approximate surface area is 135 Å². The molecule has 2 aromatic rings. The summed E-state index contributed by atoms with van der Waals surface area (Å²) in [6.07, 6.45) is 5.21. The summed E-state index contributed by atoms with van der Waals surface area (Å²) in [5.41, 5.74) is 1.02. The SMILES string of the molecule is COc1cccc(CNC(=O)N2CCCC2Cn2cncn2)c1. The Balaban J connectivity index is 1.56. The van der Waals surface area contributed by atoms with Gasteiger partial charge in [-0.25, -0.2) is 9.78 Å². The number of amides is 2. The van der Waals surface area contributed by atoms with E-state index in [0.717, 1.165) is 30.7 Å². The summed E-state index contributed by atoms with van der Waals surface area (Å²) in [6, 6.07) is 7.85. The molecule has 2 heterocycles. The molecule has 0 saturated carbocycles. The van der Waals surface area contributed by atoms with Gasteiger partial charge in [-0.2, -0.15) is 5.10 Å². The highest BCUT2D eigenvalue weighted by molar-refractivity contribution is 5.74. The van der Waals surface area contributed by atoms with Gasteiger partial charge in [0.1, 0.15) is 18.4 Å². The lowest BCUT2D eigenvalue weighted by molar-refractivity contribution is 0.185. The Bertz CT molecular complexity index is 644. The average Bonchev–Trinajstić information content (AvgIpc) is 3.25. The van der Waals surface area contributed by atoms with E-state index in [2.05, 4.69) is 15.4 Å². The molecule has 1 aliphatic rings. The Morgan fingerprint density at radius 2 is 2.39 bits per heavy atom. The fourth-order valence-corrected chi connectivity index (χ4v) is 2.90. The number of ether oxygens (including phenoxy) is 1. The van der Waals surface area contributed by atoms with Gasteiger partial charge in [-0.3, -0.25) is 4.68 Å². The molecule has 1 aromatic carbocycles. The number of nitrogens with zero attached hydrogens (tertiary/aromatic N) is 4. The zero-order valence-electron chi connectivity index (χ0n) is 13.2.